The molecular formula is C24H36N2O4. The van der Waals surface area contributed by atoms with Crippen molar-refractivity contribution in [3.8, 4) is 0 Å². The second-order valence-electron chi connectivity index (χ2n) is 8.44. The zero-order chi connectivity index (χ0) is 21.4. The van der Waals surface area contributed by atoms with Gasteiger partial charge in [0.2, 0.25) is 0 Å². The summed E-state index contributed by atoms with van der Waals surface area (Å²) in [6.07, 6.45) is 5.16. The fourth-order valence-electron chi connectivity index (χ4n) is 4.81. The summed E-state index contributed by atoms with van der Waals surface area (Å²) in [6, 6.07) is 10.9. The van der Waals surface area contributed by atoms with Gasteiger partial charge in [0.1, 0.15) is 0 Å². The van der Waals surface area contributed by atoms with E-state index in [0.29, 0.717) is 19.3 Å². The lowest BCUT2D eigenvalue weighted by Crippen LogP contribution is -2.52. The first-order valence-corrected chi connectivity index (χ1v) is 11.4. The molecule has 0 bridgehead atoms. The van der Waals surface area contributed by atoms with Gasteiger partial charge >= 0.3 is 12.1 Å². The zero-order valence-electron chi connectivity index (χ0n) is 18.5. The second kappa shape index (κ2) is 10.8. The van der Waals surface area contributed by atoms with Crippen LogP contribution < -0.4 is 0 Å². The van der Waals surface area contributed by atoms with E-state index in [1.165, 1.54) is 5.56 Å². The lowest BCUT2D eigenvalue weighted by molar-refractivity contribution is -0.159. The van der Waals surface area contributed by atoms with E-state index in [-0.39, 0.29) is 17.5 Å². The topological polar surface area (TPSA) is 59.1 Å². The molecule has 0 saturated carbocycles. The van der Waals surface area contributed by atoms with E-state index in [1.807, 2.05) is 24.8 Å². The summed E-state index contributed by atoms with van der Waals surface area (Å²) in [5, 5.41) is 0. The van der Waals surface area contributed by atoms with Crippen molar-refractivity contribution in [2.45, 2.75) is 58.4 Å². The van der Waals surface area contributed by atoms with Crippen molar-refractivity contribution in [1.82, 2.24) is 9.80 Å². The normalized spacial score (nSPS) is 20.0. The number of nitrogens with zero attached hydrogens (tertiary/aromatic N) is 2. The number of hydrogen-bond donors (Lipinski definition) is 0. The van der Waals surface area contributed by atoms with Crippen LogP contribution in [0.1, 0.15) is 51.5 Å². The number of hydrogen-bond acceptors (Lipinski definition) is 5. The smallest absolute Gasteiger partial charge is 0.409 e. The Morgan fingerprint density at radius 1 is 0.967 bits per heavy atom. The Labute approximate surface area is 180 Å². The van der Waals surface area contributed by atoms with Crippen LogP contribution >= 0.6 is 0 Å². The SMILES string of the molecule is CCOC(=O)N1CCC(N2CCC(CCc3ccccc3)(C(=O)OCC)CC2)CC1. The molecule has 2 aliphatic heterocycles. The number of piperidine rings is 2. The van der Waals surface area contributed by atoms with Crippen LogP contribution in [0.25, 0.3) is 0 Å². The van der Waals surface area contributed by atoms with Crippen molar-refractivity contribution in [3.05, 3.63) is 35.9 Å². The Morgan fingerprint density at radius 3 is 2.20 bits per heavy atom. The van der Waals surface area contributed by atoms with Gasteiger partial charge in [-0.15, -0.1) is 0 Å². The third-order valence-corrected chi connectivity index (χ3v) is 6.71. The molecule has 3 rings (SSSR count). The number of amides is 1. The monoisotopic (exact) mass is 416 g/mol. The molecule has 0 unspecified atom stereocenters. The van der Waals surface area contributed by atoms with Crippen LogP contribution in [0.5, 0.6) is 0 Å². The molecule has 0 radical (unpaired) electrons. The summed E-state index contributed by atoms with van der Waals surface area (Å²) >= 11 is 0. The predicted molar refractivity (Wildman–Crippen MR) is 116 cm³/mol. The van der Waals surface area contributed by atoms with Crippen LogP contribution in [-0.2, 0) is 20.7 Å². The van der Waals surface area contributed by atoms with Gasteiger partial charge in [0.15, 0.2) is 0 Å². The van der Waals surface area contributed by atoms with Gasteiger partial charge in [0, 0.05) is 19.1 Å². The van der Waals surface area contributed by atoms with Gasteiger partial charge < -0.3 is 19.3 Å². The second-order valence-corrected chi connectivity index (χ2v) is 8.44. The summed E-state index contributed by atoms with van der Waals surface area (Å²) in [5.41, 5.74) is 0.892. The summed E-state index contributed by atoms with van der Waals surface area (Å²) in [6.45, 7) is 7.90. The third-order valence-electron chi connectivity index (χ3n) is 6.71. The summed E-state index contributed by atoms with van der Waals surface area (Å²) in [7, 11) is 0. The molecule has 2 saturated heterocycles. The van der Waals surface area contributed by atoms with Crippen LogP contribution in [-0.4, -0.2) is 67.3 Å². The van der Waals surface area contributed by atoms with Crippen LogP contribution in [0, 0.1) is 5.41 Å². The average Bonchev–Trinajstić information content (AvgIpc) is 2.79. The van der Waals surface area contributed by atoms with Crippen LogP contribution in [0.3, 0.4) is 0 Å². The molecule has 2 aliphatic rings. The van der Waals surface area contributed by atoms with E-state index < -0.39 is 0 Å². The van der Waals surface area contributed by atoms with Gasteiger partial charge in [0.05, 0.1) is 18.6 Å². The highest BCUT2D eigenvalue weighted by Gasteiger charge is 2.43. The molecule has 0 aromatic heterocycles. The predicted octanol–water partition coefficient (Wildman–Crippen LogP) is 3.89. The number of likely N-dealkylation sites (tertiary alicyclic amines) is 2. The molecule has 0 N–H and O–H groups in total. The fraction of sp³-hybridized carbons (Fsp3) is 0.667. The number of carbonyl (C=O) groups is 2. The summed E-state index contributed by atoms with van der Waals surface area (Å²) in [5.74, 6) is -0.0299. The Kier molecular flexibility index (Phi) is 8.14. The maximum Gasteiger partial charge on any atom is 0.409 e. The van der Waals surface area contributed by atoms with Crippen molar-refractivity contribution in [3.63, 3.8) is 0 Å². The molecule has 0 atom stereocenters. The Morgan fingerprint density at radius 2 is 1.60 bits per heavy atom. The molecular weight excluding hydrogens is 380 g/mol. The number of carbonyl (C=O) groups excluding carboxylic acids is 2. The maximum atomic E-state index is 12.9. The van der Waals surface area contributed by atoms with Gasteiger partial charge in [-0.2, -0.15) is 0 Å². The van der Waals surface area contributed by atoms with E-state index >= 15 is 0 Å². The number of aryl methyl sites for hydroxylation is 1. The Bertz CT molecular complexity index is 678. The molecule has 2 heterocycles. The number of rotatable bonds is 7. The van der Waals surface area contributed by atoms with Crippen molar-refractivity contribution >= 4 is 12.1 Å². The van der Waals surface area contributed by atoms with Crippen molar-refractivity contribution in [1.29, 1.82) is 0 Å². The van der Waals surface area contributed by atoms with E-state index in [4.69, 9.17) is 9.47 Å². The van der Waals surface area contributed by atoms with Crippen LogP contribution in [0.15, 0.2) is 30.3 Å². The maximum absolute atomic E-state index is 12.9. The van der Waals surface area contributed by atoms with E-state index in [9.17, 15) is 9.59 Å². The quantitative estimate of drug-likeness (QED) is 0.631. The van der Waals surface area contributed by atoms with Crippen LogP contribution in [0.4, 0.5) is 4.79 Å². The van der Waals surface area contributed by atoms with E-state index in [0.717, 1.165) is 64.7 Å². The lowest BCUT2D eigenvalue weighted by atomic mass is 9.73. The standard InChI is InChI=1S/C24H36N2O4/c1-3-29-22(27)24(13-10-20-8-6-5-7-9-20)14-18-25(19-15-24)21-11-16-26(17-12-21)23(28)30-4-2/h5-9,21H,3-4,10-19H2,1-2H3. The average molecular weight is 417 g/mol. The minimum atomic E-state index is -0.381. The number of esters is 1. The first kappa shape index (κ1) is 22.6. The first-order chi connectivity index (χ1) is 14.6. The van der Waals surface area contributed by atoms with E-state index in [1.54, 1.807) is 0 Å². The minimum absolute atomic E-state index is 0.0299. The minimum Gasteiger partial charge on any atom is -0.466 e. The molecule has 1 aromatic carbocycles. The molecule has 6 heteroatoms. The van der Waals surface area contributed by atoms with Gasteiger partial charge in [-0.1, -0.05) is 30.3 Å². The summed E-state index contributed by atoms with van der Waals surface area (Å²) in [4.78, 5) is 29.2. The molecule has 1 amide bonds. The molecule has 166 valence electrons. The highest BCUT2D eigenvalue weighted by molar-refractivity contribution is 5.77. The number of ether oxygens (including phenoxy) is 2. The fourth-order valence-corrected chi connectivity index (χ4v) is 4.81. The molecule has 30 heavy (non-hydrogen) atoms. The third kappa shape index (κ3) is 5.54. The van der Waals surface area contributed by atoms with Gasteiger partial charge in [-0.05, 0) is 71.0 Å². The van der Waals surface area contributed by atoms with Gasteiger partial charge in [-0.25, -0.2) is 4.79 Å². The number of benzene rings is 1. The lowest BCUT2D eigenvalue weighted by Gasteiger charge is -2.45. The van der Waals surface area contributed by atoms with Gasteiger partial charge in [-0.3, -0.25) is 4.79 Å². The van der Waals surface area contributed by atoms with Crippen molar-refractivity contribution < 1.29 is 19.1 Å². The van der Waals surface area contributed by atoms with E-state index in [2.05, 4.69) is 29.2 Å². The molecule has 0 aliphatic carbocycles. The Hall–Kier alpha value is -2.08. The highest BCUT2D eigenvalue weighted by Crippen LogP contribution is 2.39. The van der Waals surface area contributed by atoms with Crippen molar-refractivity contribution in [2.24, 2.45) is 5.41 Å². The molecule has 1 aromatic rings. The highest BCUT2D eigenvalue weighted by atomic mass is 16.6. The Balaban J connectivity index is 1.55. The van der Waals surface area contributed by atoms with Gasteiger partial charge in [0.25, 0.3) is 0 Å². The summed E-state index contributed by atoms with van der Waals surface area (Å²) < 4.78 is 10.6. The molecule has 6 nitrogen and oxygen atoms in total. The molecule has 2 fully saturated rings. The van der Waals surface area contributed by atoms with Crippen LogP contribution in [0.2, 0.25) is 0 Å². The largest absolute Gasteiger partial charge is 0.466 e. The van der Waals surface area contributed by atoms with Crippen molar-refractivity contribution in [2.75, 3.05) is 39.4 Å². The molecule has 0 spiro atoms. The first-order valence-electron chi connectivity index (χ1n) is 11.4. The zero-order valence-corrected chi connectivity index (χ0v) is 18.5.